The molecule has 24 heavy (non-hydrogen) atoms. The second kappa shape index (κ2) is 7.00. The first-order chi connectivity index (χ1) is 11.7. The summed E-state index contributed by atoms with van der Waals surface area (Å²) in [5.74, 6) is 0.584. The zero-order valence-corrected chi connectivity index (χ0v) is 13.7. The Hall–Kier alpha value is -3.08. The van der Waals surface area contributed by atoms with E-state index in [1.807, 2.05) is 61.5 Å². The van der Waals surface area contributed by atoms with Gasteiger partial charge in [-0.1, -0.05) is 30.3 Å². The maximum absolute atomic E-state index is 12.4. The van der Waals surface area contributed by atoms with Gasteiger partial charge in [-0.05, 0) is 31.2 Å². The smallest absolute Gasteiger partial charge is 0.255 e. The van der Waals surface area contributed by atoms with Crippen molar-refractivity contribution in [3.8, 4) is 22.7 Å². The first-order valence-electron chi connectivity index (χ1n) is 7.80. The average molecular weight is 321 g/mol. The molecule has 0 radical (unpaired) electrons. The summed E-state index contributed by atoms with van der Waals surface area (Å²) >= 11 is 0. The molecule has 1 N–H and O–H groups in total. The number of hydrogen-bond acceptors (Lipinski definition) is 3. The molecule has 0 saturated heterocycles. The van der Waals surface area contributed by atoms with Gasteiger partial charge in [0, 0.05) is 18.3 Å². The first-order valence-corrected chi connectivity index (χ1v) is 7.80. The molecule has 1 heterocycles. The van der Waals surface area contributed by atoms with Crippen LogP contribution in [0.2, 0.25) is 0 Å². The van der Waals surface area contributed by atoms with E-state index in [-0.39, 0.29) is 5.91 Å². The van der Waals surface area contributed by atoms with Gasteiger partial charge in [-0.2, -0.15) is 5.10 Å². The van der Waals surface area contributed by atoms with Crippen LogP contribution in [-0.2, 0) is 0 Å². The lowest BCUT2D eigenvalue weighted by Gasteiger charge is -2.05. The molecule has 5 nitrogen and oxygen atoms in total. The van der Waals surface area contributed by atoms with Crippen LogP contribution in [-0.4, -0.2) is 29.3 Å². The van der Waals surface area contributed by atoms with E-state index >= 15 is 0 Å². The molecular formula is C19H19N3O2. The molecule has 0 spiro atoms. The van der Waals surface area contributed by atoms with Crippen LogP contribution in [0.15, 0.2) is 60.8 Å². The first kappa shape index (κ1) is 15.8. The van der Waals surface area contributed by atoms with E-state index in [4.69, 9.17) is 4.74 Å². The largest absolute Gasteiger partial charge is 0.497 e. The number of methoxy groups -OCH3 is 1. The van der Waals surface area contributed by atoms with Crippen molar-refractivity contribution in [1.82, 2.24) is 15.1 Å². The van der Waals surface area contributed by atoms with E-state index in [0.29, 0.717) is 17.8 Å². The van der Waals surface area contributed by atoms with Crippen LogP contribution in [0, 0.1) is 0 Å². The van der Waals surface area contributed by atoms with Crippen molar-refractivity contribution in [2.45, 2.75) is 6.92 Å². The topological polar surface area (TPSA) is 56.2 Å². The van der Waals surface area contributed by atoms with Gasteiger partial charge in [0.25, 0.3) is 5.91 Å². The number of carbonyl (C=O) groups is 1. The van der Waals surface area contributed by atoms with Gasteiger partial charge in [-0.3, -0.25) is 4.79 Å². The minimum atomic E-state index is -0.141. The summed E-state index contributed by atoms with van der Waals surface area (Å²) in [4.78, 5) is 12.4. The fourth-order valence-electron chi connectivity index (χ4n) is 2.49. The molecule has 1 amide bonds. The normalized spacial score (nSPS) is 10.4. The van der Waals surface area contributed by atoms with Gasteiger partial charge in [0.15, 0.2) is 0 Å². The molecule has 0 aliphatic heterocycles. The second-order valence-electron chi connectivity index (χ2n) is 5.26. The molecule has 0 aliphatic carbocycles. The molecule has 122 valence electrons. The summed E-state index contributed by atoms with van der Waals surface area (Å²) in [5, 5.41) is 7.47. The maximum atomic E-state index is 12.4. The molecule has 1 aromatic heterocycles. The highest BCUT2D eigenvalue weighted by Crippen LogP contribution is 2.26. The van der Waals surface area contributed by atoms with Crippen molar-refractivity contribution >= 4 is 5.91 Å². The van der Waals surface area contributed by atoms with E-state index in [0.717, 1.165) is 17.0 Å². The summed E-state index contributed by atoms with van der Waals surface area (Å²) in [6, 6.07) is 17.3. The summed E-state index contributed by atoms with van der Waals surface area (Å²) in [6.07, 6.45) is 1.76. The van der Waals surface area contributed by atoms with Crippen molar-refractivity contribution in [1.29, 1.82) is 0 Å². The quantitative estimate of drug-likeness (QED) is 0.784. The Morgan fingerprint density at radius 3 is 2.67 bits per heavy atom. The second-order valence-corrected chi connectivity index (χ2v) is 5.26. The van der Waals surface area contributed by atoms with Crippen LogP contribution in [0.4, 0.5) is 0 Å². The molecule has 5 heteroatoms. The van der Waals surface area contributed by atoms with E-state index < -0.39 is 0 Å². The molecule has 3 aromatic rings. The Labute approximate surface area is 140 Å². The fourth-order valence-corrected chi connectivity index (χ4v) is 2.49. The Morgan fingerprint density at radius 1 is 1.17 bits per heavy atom. The minimum Gasteiger partial charge on any atom is -0.497 e. The average Bonchev–Trinajstić information content (AvgIpc) is 3.08. The Morgan fingerprint density at radius 2 is 1.96 bits per heavy atom. The molecule has 2 aromatic carbocycles. The predicted octanol–water partition coefficient (Wildman–Crippen LogP) is 3.30. The summed E-state index contributed by atoms with van der Waals surface area (Å²) in [7, 11) is 1.62. The van der Waals surface area contributed by atoms with Gasteiger partial charge in [-0.15, -0.1) is 0 Å². The lowest BCUT2D eigenvalue weighted by Crippen LogP contribution is -2.22. The number of para-hydroxylation sites is 1. The van der Waals surface area contributed by atoms with Gasteiger partial charge in [0.2, 0.25) is 0 Å². The number of hydrogen-bond donors (Lipinski definition) is 1. The van der Waals surface area contributed by atoms with Gasteiger partial charge < -0.3 is 10.1 Å². The predicted molar refractivity (Wildman–Crippen MR) is 93.6 cm³/mol. The highest BCUT2D eigenvalue weighted by atomic mass is 16.5. The third kappa shape index (κ3) is 3.15. The van der Waals surface area contributed by atoms with Crippen LogP contribution < -0.4 is 10.1 Å². The maximum Gasteiger partial charge on any atom is 0.255 e. The van der Waals surface area contributed by atoms with Gasteiger partial charge >= 0.3 is 0 Å². The van der Waals surface area contributed by atoms with Crippen molar-refractivity contribution in [2.75, 3.05) is 13.7 Å². The van der Waals surface area contributed by atoms with Crippen LogP contribution in [0.25, 0.3) is 16.9 Å². The number of rotatable bonds is 5. The van der Waals surface area contributed by atoms with Crippen molar-refractivity contribution in [3.05, 3.63) is 66.4 Å². The molecule has 0 atom stereocenters. The lowest BCUT2D eigenvalue weighted by atomic mass is 10.1. The van der Waals surface area contributed by atoms with Crippen LogP contribution in [0.3, 0.4) is 0 Å². The van der Waals surface area contributed by atoms with Crippen LogP contribution in [0.1, 0.15) is 17.3 Å². The van der Waals surface area contributed by atoms with Gasteiger partial charge in [-0.25, -0.2) is 4.68 Å². The molecule has 3 rings (SSSR count). The van der Waals surface area contributed by atoms with Crippen molar-refractivity contribution in [2.24, 2.45) is 0 Å². The molecule has 0 fully saturated rings. The number of ether oxygens (including phenoxy) is 1. The standard InChI is InChI=1S/C19H19N3O2/c1-3-20-19(23)17-13-22(15-9-5-4-6-10-15)21-18(17)14-8-7-11-16(12-14)24-2/h4-13H,3H2,1-2H3,(H,20,23). The molecule has 0 unspecified atom stereocenters. The summed E-state index contributed by atoms with van der Waals surface area (Å²) < 4.78 is 7.00. The molecule has 0 bridgehead atoms. The summed E-state index contributed by atoms with van der Waals surface area (Å²) in [6.45, 7) is 2.46. The summed E-state index contributed by atoms with van der Waals surface area (Å²) in [5.41, 5.74) is 2.90. The number of nitrogens with zero attached hydrogens (tertiary/aromatic N) is 2. The van der Waals surface area contributed by atoms with Crippen LogP contribution in [0.5, 0.6) is 5.75 Å². The third-order valence-corrected chi connectivity index (χ3v) is 3.66. The Kier molecular flexibility index (Phi) is 4.61. The number of nitrogens with one attached hydrogen (secondary N) is 1. The Bertz CT molecular complexity index is 841. The Balaban J connectivity index is 2.12. The van der Waals surface area contributed by atoms with E-state index in [9.17, 15) is 4.79 Å². The zero-order valence-electron chi connectivity index (χ0n) is 13.7. The monoisotopic (exact) mass is 321 g/mol. The zero-order chi connectivity index (χ0) is 16.9. The minimum absolute atomic E-state index is 0.141. The number of amides is 1. The number of benzene rings is 2. The SMILES string of the molecule is CCNC(=O)c1cn(-c2ccccc2)nc1-c1cccc(OC)c1. The lowest BCUT2D eigenvalue weighted by molar-refractivity contribution is 0.0956. The van der Waals surface area contributed by atoms with Gasteiger partial charge in [0.1, 0.15) is 11.4 Å². The van der Waals surface area contributed by atoms with Crippen molar-refractivity contribution < 1.29 is 9.53 Å². The van der Waals surface area contributed by atoms with E-state index in [1.165, 1.54) is 0 Å². The number of carbonyl (C=O) groups excluding carboxylic acids is 1. The molecular weight excluding hydrogens is 302 g/mol. The number of aromatic nitrogens is 2. The third-order valence-electron chi connectivity index (χ3n) is 3.66. The highest BCUT2D eigenvalue weighted by Gasteiger charge is 2.18. The molecule has 0 aliphatic rings. The fraction of sp³-hybridized carbons (Fsp3) is 0.158. The highest BCUT2D eigenvalue weighted by molar-refractivity contribution is 6.00. The van der Waals surface area contributed by atoms with Crippen LogP contribution >= 0.6 is 0 Å². The van der Waals surface area contributed by atoms with Crippen molar-refractivity contribution in [3.63, 3.8) is 0 Å². The van der Waals surface area contributed by atoms with Gasteiger partial charge in [0.05, 0.1) is 18.4 Å². The van der Waals surface area contributed by atoms with E-state index in [1.54, 1.807) is 18.0 Å². The molecule has 0 saturated carbocycles. The van der Waals surface area contributed by atoms with E-state index in [2.05, 4.69) is 10.4 Å².